The Morgan fingerprint density at radius 3 is 2.68 bits per heavy atom. The van der Waals surface area contributed by atoms with Gasteiger partial charge in [0, 0.05) is 16.9 Å². The summed E-state index contributed by atoms with van der Waals surface area (Å²) in [5, 5.41) is 7.28. The summed E-state index contributed by atoms with van der Waals surface area (Å²) in [6, 6.07) is 2.51. The molecule has 0 unspecified atom stereocenters. The number of aromatic nitrogens is 1. The van der Waals surface area contributed by atoms with Gasteiger partial charge in [-0.1, -0.05) is 45.2 Å². The third kappa shape index (κ3) is 3.13. The molecular formula is C17H27N3O2. The minimum Gasteiger partial charge on any atom is -0.464 e. The van der Waals surface area contributed by atoms with E-state index in [0.717, 1.165) is 25.3 Å². The molecule has 0 amide bonds. The number of nitrogens with zero attached hydrogens (tertiary/aromatic N) is 2. The van der Waals surface area contributed by atoms with E-state index in [1.54, 1.807) is 0 Å². The number of anilines is 1. The lowest BCUT2D eigenvalue weighted by Crippen LogP contribution is -2.39. The Hall–Kier alpha value is -1.52. The zero-order valence-electron chi connectivity index (χ0n) is 13.9. The lowest BCUT2D eigenvalue weighted by atomic mass is 9.74. The van der Waals surface area contributed by atoms with E-state index in [2.05, 4.69) is 36.2 Å². The summed E-state index contributed by atoms with van der Waals surface area (Å²) < 4.78 is 11.2. The Kier molecular flexibility index (Phi) is 4.15. The molecule has 1 aliphatic heterocycles. The van der Waals surface area contributed by atoms with Gasteiger partial charge < -0.3 is 9.26 Å². The van der Waals surface area contributed by atoms with Crippen LogP contribution in [0.3, 0.4) is 0 Å². The molecule has 1 fully saturated rings. The lowest BCUT2D eigenvalue weighted by molar-refractivity contribution is 0.0820. The van der Waals surface area contributed by atoms with Gasteiger partial charge in [0.1, 0.15) is 0 Å². The quantitative estimate of drug-likeness (QED) is 0.913. The zero-order valence-corrected chi connectivity index (χ0v) is 13.9. The van der Waals surface area contributed by atoms with Crippen LogP contribution in [0.5, 0.6) is 0 Å². The maximum atomic E-state index is 5.85. The monoisotopic (exact) mass is 305 g/mol. The molecular weight excluding hydrogens is 278 g/mol. The molecule has 1 N–H and O–H groups in total. The zero-order chi connectivity index (χ0) is 15.6. The third-order valence-corrected chi connectivity index (χ3v) is 5.30. The van der Waals surface area contributed by atoms with Crippen LogP contribution in [0.1, 0.15) is 65.0 Å². The second-order valence-corrected chi connectivity index (χ2v) is 7.41. The van der Waals surface area contributed by atoms with Crippen molar-refractivity contribution in [3.05, 3.63) is 11.8 Å². The highest BCUT2D eigenvalue weighted by Crippen LogP contribution is 2.38. The van der Waals surface area contributed by atoms with Crippen molar-refractivity contribution >= 4 is 11.9 Å². The first kappa shape index (κ1) is 15.4. The summed E-state index contributed by atoms with van der Waals surface area (Å²) in [6.45, 7) is 8.10. The van der Waals surface area contributed by atoms with E-state index in [4.69, 9.17) is 9.26 Å². The van der Waals surface area contributed by atoms with E-state index in [0.29, 0.717) is 11.9 Å². The summed E-state index contributed by atoms with van der Waals surface area (Å²) >= 11 is 0. The Balaban J connectivity index is 1.62. The Bertz CT molecular complexity index is 542. The van der Waals surface area contributed by atoms with Gasteiger partial charge in [-0.3, -0.25) is 5.32 Å². The van der Waals surface area contributed by atoms with Crippen LogP contribution in [0.2, 0.25) is 0 Å². The van der Waals surface area contributed by atoms with Gasteiger partial charge in [0.2, 0.25) is 5.88 Å². The fraction of sp³-hybridized carbons (Fsp3) is 0.765. The first-order valence-corrected chi connectivity index (χ1v) is 8.45. The smallest absolute Gasteiger partial charge is 0.291 e. The number of hydrogen-bond donors (Lipinski definition) is 1. The SMILES string of the molecule is CCC(C)(C)c1cc(NC2=NCC3(CCCCC3)CO2)on1. The van der Waals surface area contributed by atoms with Gasteiger partial charge in [0.15, 0.2) is 0 Å². The second kappa shape index (κ2) is 5.94. The molecule has 122 valence electrons. The molecule has 0 radical (unpaired) electrons. The molecule has 1 aliphatic carbocycles. The summed E-state index contributed by atoms with van der Waals surface area (Å²) in [6.07, 6.45) is 7.45. The standard InChI is InChI=1S/C17H27N3O2/c1-4-16(2,3)13-10-14(22-20-13)19-15-18-11-17(12-21-15)8-6-5-7-9-17/h10H,4-9,11-12H2,1-3H3,(H,18,19). The molecule has 0 saturated heterocycles. The van der Waals surface area contributed by atoms with Gasteiger partial charge in [-0.25, -0.2) is 4.99 Å². The number of hydrogen-bond acceptors (Lipinski definition) is 5. The Morgan fingerprint density at radius 1 is 1.27 bits per heavy atom. The van der Waals surface area contributed by atoms with E-state index in [1.807, 2.05) is 6.07 Å². The third-order valence-electron chi connectivity index (χ3n) is 5.30. The van der Waals surface area contributed by atoms with Gasteiger partial charge in [-0.05, 0) is 19.3 Å². The highest BCUT2D eigenvalue weighted by Gasteiger charge is 2.36. The van der Waals surface area contributed by atoms with Crippen molar-refractivity contribution in [1.29, 1.82) is 0 Å². The fourth-order valence-electron chi connectivity index (χ4n) is 3.17. The van der Waals surface area contributed by atoms with Crippen LogP contribution in [0.4, 0.5) is 5.88 Å². The minimum atomic E-state index is 0.0187. The van der Waals surface area contributed by atoms with Gasteiger partial charge in [0.25, 0.3) is 6.02 Å². The normalized spacial score (nSPS) is 21.3. The summed E-state index contributed by atoms with van der Waals surface area (Å²) in [5.41, 5.74) is 1.25. The number of ether oxygens (including phenoxy) is 1. The first-order chi connectivity index (χ1) is 10.5. The molecule has 1 saturated carbocycles. The average molecular weight is 305 g/mol. The molecule has 0 atom stereocenters. The number of amidine groups is 1. The molecule has 1 aromatic heterocycles. The molecule has 2 aliphatic rings. The van der Waals surface area contributed by atoms with Crippen molar-refractivity contribution in [2.75, 3.05) is 18.5 Å². The Morgan fingerprint density at radius 2 is 2.05 bits per heavy atom. The summed E-state index contributed by atoms with van der Waals surface area (Å²) in [7, 11) is 0. The van der Waals surface area contributed by atoms with Crippen molar-refractivity contribution in [2.45, 2.75) is 64.7 Å². The minimum absolute atomic E-state index is 0.0187. The van der Waals surface area contributed by atoms with Crippen LogP contribution in [0.15, 0.2) is 15.6 Å². The molecule has 22 heavy (non-hydrogen) atoms. The van der Waals surface area contributed by atoms with Crippen LogP contribution in [0, 0.1) is 5.41 Å². The van der Waals surface area contributed by atoms with Crippen molar-refractivity contribution in [2.24, 2.45) is 10.4 Å². The maximum Gasteiger partial charge on any atom is 0.291 e. The molecule has 0 aromatic carbocycles. The van der Waals surface area contributed by atoms with Crippen molar-refractivity contribution in [3.8, 4) is 0 Å². The van der Waals surface area contributed by atoms with E-state index in [9.17, 15) is 0 Å². The first-order valence-electron chi connectivity index (χ1n) is 8.45. The van der Waals surface area contributed by atoms with Crippen LogP contribution < -0.4 is 5.32 Å². The topological polar surface area (TPSA) is 59.7 Å². The van der Waals surface area contributed by atoms with Gasteiger partial charge in [0.05, 0.1) is 18.8 Å². The fourth-order valence-corrected chi connectivity index (χ4v) is 3.17. The largest absolute Gasteiger partial charge is 0.464 e. The molecule has 5 heteroatoms. The van der Waals surface area contributed by atoms with Crippen molar-refractivity contribution in [1.82, 2.24) is 5.16 Å². The second-order valence-electron chi connectivity index (χ2n) is 7.41. The van der Waals surface area contributed by atoms with E-state index >= 15 is 0 Å². The highest BCUT2D eigenvalue weighted by molar-refractivity contribution is 5.88. The van der Waals surface area contributed by atoms with Crippen LogP contribution >= 0.6 is 0 Å². The van der Waals surface area contributed by atoms with Crippen molar-refractivity contribution < 1.29 is 9.26 Å². The predicted molar refractivity (Wildman–Crippen MR) is 87.2 cm³/mol. The number of aliphatic imine (C=N–C) groups is 1. The average Bonchev–Trinajstić information content (AvgIpc) is 3.00. The number of nitrogens with one attached hydrogen (secondary N) is 1. The van der Waals surface area contributed by atoms with E-state index in [-0.39, 0.29) is 10.8 Å². The van der Waals surface area contributed by atoms with Gasteiger partial charge in [-0.2, -0.15) is 0 Å². The van der Waals surface area contributed by atoms with Crippen molar-refractivity contribution in [3.63, 3.8) is 0 Å². The molecule has 1 spiro atoms. The van der Waals surface area contributed by atoms with Gasteiger partial charge >= 0.3 is 0 Å². The van der Waals surface area contributed by atoms with Gasteiger partial charge in [-0.15, -0.1) is 0 Å². The van der Waals surface area contributed by atoms with E-state index < -0.39 is 0 Å². The maximum absolute atomic E-state index is 5.85. The molecule has 0 bridgehead atoms. The molecule has 2 heterocycles. The number of rotatable bonds is 3. The summed E-state index contributed by atoms with van der Waals surface area (Å²) in [5.74, 6) is 0.606. The van der Waals surface area contributed by atoms with Crippen LogP contribution in [0.25, 0.3) is 0 Å². The lowest BCUT2D eigenvalue weighted by Gasteiger charge is -2.38. The predicted octanol–water partition coefficient (Wildman–Crippen LogP) is 4.11. The molecule has 5 nitrogen and oxygen atoms in total. The van der Waals surface area contributed by atoms with Crippen LogP contribution in [-0.2, 0) is 10.2 Å². The molecule has 1 aromatic rings. The van der Waals surface area contributed by atoms with E-state index in [1.165, 1.54) is 32.1 Å². The summed E-state index contributed by atoms with van der Waals surface area (Å²) in [4.78, 5) is 4.59. The Labute approximate surface area is 132 Å². The van der Waals surface area contributed by atoms with Crippen LogP contribution in [-0.4, -0.2) is 24.3 Å². The molecule has 3 rings (SSSR count). The highest BCUT2D eigenvalue weighted by atomic mass is 16.5.